The highest BCUT2D eigenvalue weighted by Crippen LogP contribution is 2.31. The normalized spacial score (nSPS) is 24.3. The third kappa shape index (κ3) is 2.98. The van der Waals surface area contributed by atoms with E-state index in [-0.39, 0.29) is 18.4 Å². The van der Waals surface area contributed by atoms with E-state index in [4.69, 9.17) is 0 Å². The van der Waals surface area contributed by atoms with Crippen LogP contribution in [0.25, 0.3) is 0 Å². The molecule has 1 saturated heterocycles. The Morgan fingerprint density at radius 3 is 2.58 bits per heavy atom. The SMILES string of the molecule is CN(C)[C@H]1CN(c2cc(C(F)(F)F)ccn2)C[C@@H]1O. The maximum atomic E-state index is 12.6. The van der Waals surface area contributed by atoms with Gasteiger partial charge in [0, 0.05) is 19.3 Å². The number of hydrogen-bond acceptors (Lipinski definition) is 4. The lowest BCUT2D eigenvalue weighted by Crippen LogP contribution is -2.38. The molecule has 0 aromatic carbocycles. The van der Waals surface area contributed by atoms with Crippen LogP contribution in [0, 0.1) is 0 Å². The van der Waals surface area contributed by atoms with Crippen molar-refractivity contribution >= 4 is 5.82 Å². The van der Waals surface area contributed by atoms with Crippen molar-refractivity contribution in [2.75, 3.05) is 32.1 Å². The fourth-order valence-corrected chi connectivity index (χ4v) is 2.23. The lowest BCUT2D eigenvalue weighted by Gasteiger charge is -2.22. The number of halogens is 3. The van der Waals surface area contributed by atoms with Gasteiger partial charge in [-0.2, -0.15) is 13.2 Å². The Labute approximate surface area is 109 Å². The number of anilines is 1. The minimum atomic E-state index is -4.38. The van der Waals surface area contributed by atoms with Crippen LogP contribution in [-0.2, 0) is 6.18 Å². The largest absolute Gasteiger partial charge is 0.416 e. The summed E-state index contributed by atoms with van der Waals surface area (Å²) >= 11 is 0. The highest BCUT2D eigenvalue weighted by Gasteiger charge is 2.35. The number of rotatable bonds is 2. The number of alkyl halides is 3. The van der Waals surface area contributed by atoms with Gasteiger partial charge in [0.15, 0.2) is 0 Å². The van der Waals surface area contributed by atoms with Gasteiger partial charge in [-0.3, -0.25) is 0 Å². The standard InChI is InChI=1S/C12H16F3N3O/c1-17(2)9-6-18(7-10(9)19)11-5-8(3-4-16-11)12(13,14)15/h3-5,9-10,19H,6-7H2,1-2H3/t9-,10-/m0/s1. The number of nitrogens with zero attached hydrogens (tertiary/aromatic N) is 3. The molecule has 7 heteroatoms. The molecule has 19 heavy (non-hydrogen) atoms. The minimum Gasteiger partial charge on any atom is -0.390 e. The molecule has 1 fully saturated rings. The molecule has 4 nitrogen and oxygen atoms in total. The van der Waals surface area contributed by atoms with Crippen molar-refractivity contribution in [1.82, 2.24) is 9.88 Å². The first-order chi connectivity index (χ1) is 8.79. The van der Waals surface area contributed by atoms with Gasteiger partial charge in [0.2, 0.25) is 0 Å². The van der Waals surface area contributed by atoms with Crippen molar-refractivity contribution in [3.05, 3.63) is 23.9 Å². The fraction of sp³-hybridized carbons (Fsp3) is 0.583. The summed E-state index contributed by atoms with van der Waals surface area (Å²) in [4.78, 5) is 7.49. The first kappa shape index (κ1) is 14.1. The third-order valence-electron chi connectivity index (χ3n) is 3.32. The van der Waals surface area contributed by atoms with Crippen molar-refractivity contribution in [3.63, 3.8) is 0 Å². The molecule has 0 saturated carbocycles. The number of likely N-dealkylation sites (N-methyl/N-ethyl adjacent to an activating group) is 1. The van der Waals surface area contributed by atoms with Crippen LogP contribution in [-0.4, -0.2) is 54.3 Å². The summed E-state index contributed by atoms with van der Waals surface area (Å²) in [6, 6.07) is 1.86. The van der Waals surface area contributed by atoms with E-state index >= 15 is 0 Å². The molecule has 0 unspecified atom stereocenters. The molecular formula is C12H16F3N3O. The molecule has 1 N–H and O–H groups in total. The second-order valence-corrected chi connectivity index (χ2v) is 4.90. The lowest BCUT2D eigenvalue weighted by molar-refractivity contribution is -0.137. The van der Waals surface area contributed by atoms with Crippen LogP contribution in [0.3, 0.4) is 0 Å². The Morgan fingerprint density at radius 2 is 2.05 bits per heavy atom. The average molecular weight is 275 g/mol. The number of pyridine rings is 1. The van der Waals surface area contributed by atoms with Crippen LogP contribution in [0.5, 0.6) is 0 Å². The summed E-state index contributed by atoms with van der Waals surface area (Å²) in [6.45, 7) is 0.750. The van der Waals surface area contributed by atoms with Gasteiger partial charge in [0.05, 0.1) is 17.7 Å². The lowest BCUT2D eigenvalue weighted by atomic mass is 10.2. The van der Waals surface area contributed by atoms with E-state index in [2.05, 4.69) is 4.98 Å². The van der Waals surface area contributed by atoms with Crippen molar-refractivity contribution in [1.29, 1.82) is 0 Å². The monoisotopic (exact) mass is 275 g/mol. The molecule has 0 aliphatic carbocycles. The van der Waals surface area contributed by atoms with E-state index in [1.54, 1.807) is 4.90 Å². The van der Waals surface area contributed by atoms with Gasteiger partial charge in [0.25, 0.3) is 0 Å². The van der Waals surface area contributed by atoms with Crippen LogP contribution in [0.1, 0.15) is 5.56 Å². The number of aliphatic hydroxyl groups is 1. The fourth-order valence-electron chi connectivity index (χ4n) is 2.23. The van der Waals surface area contributed by atoms with Crippen LogP contribution in [0.2, 0.25) is 0 Å². The molecule has 0 amide bonds. The predicted molar refractivity (Wildman–Crippen MR) is 64.9 cm³/mol. The Balaban J connectivity index is 2.20. The Morgan fingerprint density at radius 1 is 1.37 bits per heavy atom. The number of hydrogen-bond donors (Lipinski definition) is 1. The predicted octanol–water partition coefficient (Wildman–Crippen LogP) is 1.21. The van der Waals surface area contributed by atoms with Crippen molar-refractivity contribution in [2.45, 2.75) is 18.3 Å². The van der Waals surface area contributed by atoms with Gasteiger partial charge in [-0.05, 0) is 26.2 Å². The summed E-state index contributed by atoms with van der Waals surface area (Å²) in [5, 5.41) is 9.89. The van der Waals surface area contributed by atoms with Crippen LogP contribution in [0.15, 0.2) is 18.3 Å². The smallest absolute Gasteiger partial charge is 0.390 e. The first-order valence-electron chi connectivity index (χ1n) is 5.91. The minimum absolute atomic E-state index is 0.101. The summed E-state index contributed by atoms with van der Waals surface area (Å²) in [5.41, 5.74) is -0.722. The van der Waals surface area contributed by atoms with Crippen LogP contribution >= 0.6 is 0 Å². The quantitative estimate of drug-likeness (QED) is 0.880. The van der Waals surface area contributed by atoms with Gasteiger partial charge >= 0.3 is 6.18 Å². The topological polar surface area (TPSA) is 39.6 Å². The van der Waals surface area contributed by atoms with Crippen LogP contribution < -0.4 is 4.90 Å². The highest BCUT2D eigenvalue weighted by atomic mass is 19.4. The molecule has 0 bridgehead atoms. The Bertz CT molecular complexity index is 450. The number of aromatic nitrogens is 1. The van der Waals surface area contributed by atoms with Crippen molar-refractivity contribution in [2.24, 2.45) is 0 Å². The van der Waals surface area contributed by atoms with Gasteiger partial charge in [0.1, 0.15) is 5.82 Å². The molecular weight excluding hydrogens is 259 g/mol. The van der Waals surface area contributed by atoms with E-state index in [9.17, 15) is 18.3 Å². The van der Waals surface area contributed by atoms with E-state index in [0.717, 1.165) is 18.3 Å². The maximum absolute atomic E-state index is 12.6. The molecule has 2 atom stereocenters. The second kappa shape index (κ2) is 4.97. The summed E-state index contributed by atoms with van der Waals surface area (Å²) < 4.78 is 37.9. The Hall–Kier alpha value is -1.34. The average Bonchev–Trinajstić information content (AvgIpc) is 2.70. The molecule has 1 aliphatic heterocycles. The van der Waals surface area contributed by atoms with Gasteiger partial charge in [-0.25, -0.2) is 4.98 Å². The second-order valence-electron chi connectivity index (χ2n) is 4.90. The highest BCUT2D eigenvalue weighted by molar-refractivity contribution is 5.43. The van der Waals surface area contributed by atoms with Crippen molar-refractivity contribution in [3.8, 4) is 0 Å². The molecule has 0 radical (unpaired) electrons. The van der Waals surface area contributed by atoms with Crippen molar-refractivity contribution < 1.29 is 18.3 Å². The zero-order valence-corrected chi connectivity index (χ0v) is 10.7. The van der Waals surface area contributed by atoms with Gasteiger partial charge in [-0.15, -0.1) is 0 Å². The molecule has 1 aromatic heterocycles. The molecule has 1 aromatic rings. The van der Waals surface area contributed by atoms with E-state index < -0.39 is 17.8 Å². The molecule has 0 spiro atoms. The molecule has 2 rings (SSSR count). The summed E-state index contributed by atoms with van der Waals surface area (Å²) in [7, 11) is 3.66. The van der Waals surface area contributed by atoms with Crippen LogP contribution in [0.4, 0.5) is 19.0 Å². The third-order valence-corrected chi connectivity index (χ3v) is 3.32. The van der Waals surface area contributed by atoms with E-state index in [1.165, 1.54) is 0 Å². The summed E-state index contributed by atoms with van der Waals surface area (Å²) in [6.07, 6.45) is -3.82. The zero-order valence-electron chi connectivity index (χ0n) is 10.7. The molecule has 1 aliphatic rings. The Kier molecular flexibility index (Phi) is 3.69. The summed E-state index contributed by atoms with van der Waals surface area (Å²) in [5.74, 6) is 0.248. The van der Waals surface area contributed by atoms with Gasteiger partial charge < -0.3 is 14.9 Å². The van der Waals surface area contributed by atoms with E-state index in [0.29, 0.717) is 6.54 Å². The zero-order chi connectivity index (χ0) is 14.2. The number of β-amino-alcohol motifs (C(OH)–C–C–N with tert-alkyl or cyclic N) is 1. The maximum Gasteiger partial charge on any atom is 0.416 e. The molecule has 2 heterocycles. The van der Waals surface area contributed by atoms with E-state index in [1.807, 2.05) is 19.0 Å². The first-order valence-corrected chi connectivity index (χ1v) is 5.91. The molecule has 106 valence electrons. The van der Waals surface area contributed by atoms with Gasteiger partial charge in [-0.1, -0.05) is 0 Å². The number of aliphatic hydroxyl groups excluding tert-OH is 1.